The number of rotatable bonds is 10. The molecule has 1 heterocycles. The molecule has 7 heteroatoms. The van der Waals surface area contributed by atoms with E-state index in [1.807, 2.05) is 27.7 Å². The standard InChI is InChI=1S/C27H33FN2O4/c1-5-16-34-21-12-13-22(18(4)17-21)25(31)23-24(19-8-10-20(28)11-9-19)30(27(33)26(23)32)15-14-29(6-2)7-3/h8-13,17,24,31H,5-7,14-16H2,1-4H3/b25-23+. The van der Waals surface area contributed by atoms with Crippen molar-refractivity contribution in [2.75, 3.05) is 32.8 Å². The highest BCUT2D eigenvalue weighted by Gasteiger charge is 2.46. The van der Waals surface area contributed by atoms with E-state index >= 15 is 0 Å². The van der Waals surface area contributed by atoms with Gasteiger partial charge in [0.2, 0.25) is 0 Å². The normalized spacial score (nSPS) is 17.6. The molecule has 2 aromatic carbocycles. The molecule has 1 saturated heterocycles. The van der Waals surface area contributed by atoms with Crippen molar-refractivity contribution in [3.8, 4) is 5.75 Å². The topological polar surface area (TPSA) is 70.1 Å². The minimum atomic E-state index is -0.799. The fourth-order valence-corrected chi connectivity index (χ4v) is 4.25. The number of amides is 1. The molecule has 0 radical (unpaired) electrons. The van der Waals surface area contributed by atoms with Crippen molar-refractivity contribution in [3.05, 3.63) is 70.5 Å². The summed E-state index contributed by atoms with van der Waals surface area (Å²) in [6, 6.07) is 10.1. The Morgan fingerprint density at radius 2 is 1.76 bits per heavy atom. The molecule has 0 aromatic heterocycles. The third-order valence-corrected chi connectivity index (χ3v) is 6.20. The Morgan fingerprint density at radius 3 is 2.35 bits per heavy atom. The Bertz CT molecular complexity index is 1060. The molecule has 1 fully saturated rings. The number of likely N-dealkylation sites (N-methyl/N-ethyl adjacent to an activating group) is 1. The highest BCUT2D eigenvalue weighted by atomic mass is 19.1. The monoisotopic (exact) mass is 468 g/mol. The number of hydrogen-bond acceptors (Lipinski definition) is 5. The van der Waals surface area contributed by atoms with E-state index in [1.165, 1.54) is 17.0 Å². The Morgan fingerprint density at radius 1 is 1.09 bits per heavy atom. The number of carbonyl (C=O) groups is 2. The van der Waals surface area contributed by atoms with Crippen LogP contribution in [0.5, 0.6) is 5.75 Å². The predicted molar refractivity (Wildman–Crippen MR) is 130 cm³/mol. The van der Waals surface area contributed by atoms with E-state index in [0.29, 0.717) is 36.6 Å². The van der Waals surface area contributed by atoms with Crippen molar-refractivity contribution in [1.82, 2.24) is 9.80 Å². The third kappa shape index (κ3) is 5.30. The lowest BCUT2D eigenvalue weighted by atomic mass is 9.94. The van der Waals surface area contributed by atoms with E-state index in [0.717, 1.165) is 25.1 Å². The highest BCUT2D eigenvalue weighted by molar-refractivity contribution is 6.46. The molecule has 6 nitrogen and oxygen atoms in total. The average Bonchev–Trinajstić information content (AvgIpc) is 3.08. The first-order chi connectivity index (χ1) is 16.3. The van der Waals surface area contributed by atoms with Gasteiger partial charge in [-0.2, -0.15) is 0 Å². The molecule has 0 bridgehead atoms. The van der Waals surface area contributed by atoms with Gasteiger partial charge in [-0.3, -0.25) is 9.59 Å². The molecule has 1 atom stereocenters. The van der Waals surface area contributed by atoms with Crippen molar-refractivity contribution in [2.45, 2.75) is 40.2 Å². The molecule has 182 valence electrons. The number of likely N-dealkylation sites (tertiary alicyclic amines) is 1. The van der Waals surface area contributed by atoms with Crippen LogP contribution in [0.3, 0.4) is 0 Å². The lowest BCUT2D eigenvalue weighted by molar-refractivity contribution is -0.140. The Hall–Kier alpha value is -3.19. The highest BCUT2D eigenvalue weighted by Crippen LogP contribution is 2.40. The number of carbonyl (C=O) groups excluding carboxylic acids is 2. The summed E-state index contributed by atoms with van der Waals surface area (Å²) in [5, 5.41) is 11.3. The number of ketones is 1. The van der Waals surface area contributed by atoms with Crippen LogP contribution in [0, 0.1) is 12.7 Å². The van der Waals surface area contributed by atoms with E-state index in [2.05, 4.69) is 4.90 Å². The van der Waals surface area contributed by atoms with Crippen LogP contribution < -0.4 is 4.74 Å². The molecule has 1 amide bonds. The van der Waals surface area contributed by atoms with E-state index in [9.17, 15) is 19.1 Å². The maximum absolute atomic E-state index is 13.6. The van der Waals surface area contributed by atoms with Gasteiger partial charge in [0, 0.05) is 18.7 Å². The number of Topliss-reactive ketones (excluding diaryl/α,β-unsaturated/α-hetero) is 1. The zero-order chi connectivity index (χ0) is 24.8. The molecule has 1 unspecified atom stereocenters. The van der Waals surface area contributed by atoms with Gasteiger partial charge >= 0.3 is 0 Å². The Labute approximate surface area is 200 Å². The maximum Gasteiger partial charge on any atom is 0.295 e. The second-order valence-corrected chi connectivity index (χ2v) is 8.40. The molecule has 0 spiro atoms. The Balaban J connectivity index is 2.07. The molecule has 3 rings (SSSR count). The zero-order valence-corrected chi connectivity index (χ0v) is 20.3. The van der Waals surface area contributed by atoms with Crippen LogP contribution in [-0.2, 0) is 9.59 Å². The molecular weight excluding hydrogens is 435 g/mol. The number of halogens is 1. The molecule has 1 aliphatic heterocycles. The van der Waals surface area contributed by atoms with Crippen LogP contribution in [0.1, 0.15) is 49.9 Å². The summed E-state index contributed by atoms with van der Waals surface area (Å²) in [5.41, 5.74) is 1.76. The van der Waals surface area contributed by atoms with E-state index < -0.39 is 23.5 Å². The summed E-state index contributed by atoms with van der Waals surface area (Å²) >= 11 is 0. The van der Waals surface area contributed by atoms with Crippen molar-refractivity contribution < 1.29 is 23.8 Å². The minimum Gasteiger partial charge on any atom is -0.507 e. The first kappa shape index (κ1) is 25.4. The lowest BCUT2D eigenvalue weighted by Gasteiger charge is -2.28. The number of hydrogen-bond donors (Lipinski definition) is 1. The summed E-state index contributed by atoms with van der Waals surface area (Å²) in [6.45, 7) is 11.0. The number of ether oxygens (including phenoxy) is 1. The average molecular weight is 469 g/mol. The van der Waals surface area contributed by atoms with Crippen LogP contribution in [0.2, 0.25) is 0 Å². The van der Waals surface area contributed by atoms with Gasteiger partial charge in [0.1, 0.15) is 17.3 Å². The van der Waals surface area contributed by atoms with Crippen molar-refractivity contribution in [2.24, 2.45) is 0 Å². The number of aryl methyl sites for hydroxylation is 1. The quantitative estimate of drug-likeness (QED) is 0.311. The zero-order valence-electron chi connectivity index (χ0n) is 20.3. The Kier molecular flexibility index (Phi) is 8.45. The van der Waals surface area contributed by atoms with Crippen LogP contribution in [0.25, 0.3) is 5.76 Å². The fraction of sp³-hybridized carbons (Fsp3) is 0.407. The molecular formula is C27H33FN2O4. The summed E-state index contributed by atoms with van der Waals surface area (Å²) < 4.78 is 19.3. The maximum atomic E-state index is 13.6. The number of benzene rings is 2. The molecule has 2 aromatic rings. The first-order valence-corrected chi connectivity index (χ1v) is 11.8. The van der Waals surface area contributed by atoms with E-state index in [1.54, 1.807) is 30.3 Å². The predicted octanol–water partition coefficient (Wildman–Crippen LogP) is 4.69. The molecule has 1 aliphatic rings. The summed E-state index contributed by atoms with van der Waals surface area (Å²) in [7, 11) is 0. The van der Waals surface area contributed by atoms with Gasteiger partial charge in [0.25, 0.3) is 11.7 Å². The van der Waals surface area contributed by atoms with Gasteiger partial charge in [-0.1, -0.05) is 32.9 Å². The fourth-order valence-electron chi connectivity index (χ4n) is 4.25. The summed E-state index contributed by atoms with van der Waals surface area (Å²) in [6.07, 6.45) is 0.870. The smallest absolute Gasteiger partial charge is 0.295 e. The second kappa shape index (κ2) is 11.3. The van der Waals surface area contributed by atoms with E-state index in [4.69, 9.17) is 4.74 Å². The SMILES string of the molecule is CCCOc1ccc(/C(O)=C2\C(=O)C(=O)N(CCN(CC)CC)C2c2ccc(F)cc2)c(C)c1. The summed E-state index contributed by atoms with van der Waals surface area (Å²) in [5.74, 6) is -1.38. The minimum absolute atomic E-state index is 0.0153. The summed E-state index contributed by atoms with van der Waals surface area (Å²) in [4.78, 5) is 29.9. The number of aliphatic hydroxyl groups is 1. The molecule has 34 heavy (non-hydrogen) atoms. The number of aliphatic hydroxyl groups excluding tert-OH is 1. The van der Waals surface area contributed by atoms with Gasteiger partial charge in [-0.15, -0.1) is 0 Å². The first-order valence-electron chi connectivity index (χ1n) is 11.8. The van der Waals surface area contributed by atoms with Crippen LogP contribution in [0.4, 0.5) is 4.39 Å². The van der Waals surface area contributed by atoms with Crippen LogP contribution >= 0.6 is 0 Å². The van der Waals surface area contributed by atoms with Gasteiger partial charge in [0.05, 0.1) is 18.2 Å². The largest absolute Gasteiger partial charge is 0.507 e. The molecule has 0 aliphatic carbocycles. The van der Waals surface area contributed by atoms with Crippen LogP contribution in [0.15, 0.2) is 48.0 Å². The van der Waals surface area contributed by atoms with Gasteiger partial charge < -0.3 is 19.6 Å². The van der Waals surface area contributed by atoms with Crippen molar-refractivity contribution in [1.29, 1.82) is 0 Å². The van der Waals surface area contributed by atoms with Crippen molar-refractivity contribution >= 4 is 17.4 Å². The van der Waals surface area contributed by atoms with Crippen molar-refractivity contribution in [3.63, 3.8) is 0 Å². The lowest BCUT2D eigenvalue weighted by Crippen LogP contribution is -2.38. The van der Waals surface area contributed by atoms with Gasteiger partial charge in [-0.05, 0) is 67.9 Å². The third-order valence-electron chi connectivity index (χ3n) is 6.20. The van der Waals surface area contributed by atoms with Crippen LogP contribution in [-0.4, -0.2) is 59.4 Å². The molecule has 1 N–H and O–H groups in total. The second-order valence-electron chi connectivity index (χ2n) is 8.40. The van der Waals surface area contributed by atoms with Gasteiger partial charge in [-0.25, -0.2) is 4.39 Å². The van der Waals surface area contributed by atoms with E-state index in [-0.39, 0.29) is 11.3 Å². The number of nitrogens with zero attached hydrogens (tertiary/aromatic N) is 2. The molecule has 0 saturated carbocycles. The van der Waals surface area contributed by atoms with Gasteiger partial charge in [0.15, 0.2) is 0 Å².